The van der Waals surface area contributed by atoms with Crippen molar-refractivity contribution in [2.75, 3.05) is 25.5 Å². The van der Waals surface area contributed by atoms with Crippen LogP contribution in [0.15, 0.2) is 36.7 Å². The normalized spacial score (nSPS) is 22.5. The van der Waals surface area contributed by atoms with Crippen molar-refractivity contribution in [3.05, 3.63) is 48.0 Å². The molecule has 162 valence electrons. The molecule has 0 spiro atoms. The van der Waals surface area contributed by atoms with E-state index < -0.39 is 0 Å². The number of nitrogens with zero attached hydrogens (tertiary/aromatic N) is 4. The van der Waals surface area contributed by atoms with E-state index in [-0.39, 0.29) is 5.91 Å². The van der Waals surface area contributed by atoms with Crippen molar-refractivity contribution in [1.82, 2.24) is 19.4 Å². The molecule has 1 N–H and O–H groups in total. The lowest BCUT2D eigenvalue weighted by Gasteiger charge is -2.31. The van der Waals surface area contributed by atoms with Crippen LogP contribution in [0.2, 0.25) is 0 Å². The van der Waals surface area contributed by atoms with Crippen molar-refractivity contribution in [3.63, 3.8) is 0 Å². The lowest BCUT2D eigenvalue weighted by molar-refractivity contribution is -0.132. The summed E-state index contributed by atoms with van der Waals surface area (Å²) in [6.07, 6.45) is 7.87. The van der Waals surface area contributed by atoms with Crippen molar-refractivity contribution < 1.29 is 4.79 Å². The van der Waals surface area contributed by atoms with Crippen LogP contribution in [0.5, 0.6) is 0 Å². The van der Waals surface area contributed by atoms with Crippen LogP contribution in [0, 0.1) is 0 Å². The quantitative estimate of drug-likeness (QED) is 0.837. The molecule has 0 saturated carbocycles. The first-order chi connectivity index (χ1) is 14.5. The number of fused-ring (bicyclic) bond motifs is 3. The van der Waals surface area contributed by atoms with Gasteiger partial charge in [-0.15, -0.1) is 0 Å². The van der Waals surface area contributed by atoms with Gasteiger partial charge in [0.05, 0.1) is 0 Å². The lowest BCUT2D eigenvalue weighted by Crippen LogP contribution is -2.43. The Morgan fingerprint density at radius 3 is 2.83 bits per heavy atom. The van der Waals surface area contributed by atoms with Gasteiger partial charge in [-0.25, -0.2) is 4.98 Å². The second kappa shape index (κ2) is 9.21. The highest BCUT2D eigenvalue weighted by atomic mass is 16.2. The van der Waals surface area contributed by atoms with Crippen LogP contribution < -0.4 is 5.32 Å². The molecule has 1 aromatic carbocycles. The van der Waals surface area contributed by atoms with Crippen LogP contribution in [0.1, 0.15) is 56.8 Å². The highest BCUT2D eigenvalue weighted by Crippen LogP contribution is 2.28. The minimum atomic E-state index is 0.226. The van der Waals surface area contributed by atoms with E-state index in [0.29, 0.717) is 37.5 Å². The SMILES string of the molecule is CC(C)c1nccn1CCC(=O)N1Cc2ccccc2NCC[C@@H]2CC[C@H](C1)N2C. The van der Waals surface area contributed by atoms with Gasteiger partial charge in [-0.1, -0.05) is 32.0 Å². The average Bonchev–Trinajstić information content (AvgIpc) is 3.33. The van der Waals surface area contributed by atoms with Gasteiger partial charge >= 0.3 is 0 Å². The zero-order chi connectivity index (χ0) is 21.1. The molecule has 0 radical (unpaired) electrons. The summed E-state index contributed by atoms with van der Waals surface area (Å²) in [6.45, 7) is 7.42. The van der Waals surface area contributed by atoms with E-state index in [9.17, 15) is 4.79 Å². The predicted octanol–water partition coefficient (Wildman–Crippen LogP) is 3.70. The van der Waals surface area contributed by atoms with Crippen molar-refractivity contribution >= 4 is 11.6 Å². The van der Waals surface area contributed by atoms with Crippen molar-refractivity contribution in [3.8, 4) is 0 Å². The number of anilines is 1. The largest absolute Gasteiger partial charge is 0.385 e. The molecule has 1 aromatic heterocycles. The molecule has 6 nitrogen and oxygen atoms in total. The summed E-state index contributed by atoms with van der Waals surface area (Å²) in [7, 11) is 2.23. The van der Waals surface area contributed by atoms with E-state index in [4.69, 9.17) is 0 Å². The summed E-state index contributed by atoms with van der Waals surface area (Å²) >= 11 is 0. The monoisotopic (exact) mass is 409 g/mol. The van der Waals surface area contributed by atoms with Crippen LogP contribution in [0.25, 0.3) is 0 Å². The number of hydrogen-bond acceptors (Lipinski definition) is 4. The number of para-hydroxylation sites is 1. The number of benzene rings is 1. The van der Waals surface area contributed by atoms with Crippen molar-refractivity contribution in [2.24, 2.45) is 0 Å². The number of amides is 1. The van der Waals surface area contributed by atoms with E-state index in [1.165, 1.54) is 18.4 Å². The molecule has 2 aromatic rings. The lowest BCUT2D eigenvalue weighted by atomic mass is 10.1. The topological polar surface area (TPSA) is 53.4 Å². The fourth-order valence-corrected chi connectivity index (χ4v) is 4.96. The third-order valence-electron chi connectivity index (χ3n) is 6.77. The van der Waals surface area contributed by atoms with Gasteiger partial charge in [0.2, 0.25) is 5.91 Å². The third kappa shape index (κ3) is 4.53. The molecule has 1 fully saturated rings. The van der Waals surface area contributed by atoms with Crippen LogP contribution in [-0.2, 0) is 17.9 Å². The fourth-order valence-electron chi connectivity index (χ4n) is 4.96. The second-order valence-electron chi connectivity index (χ2n) is 9.08. The molecule has 1 amide bonds. The van der Waals surface area contributed by atoms with Crippen molar-refractivity contribution in [2.45, 2.75) is 70.6 Å². The van der Waals surface area contributed by atoms with E-state index in [2.05, 4.69) is 69.8 Å². The van der Waals surface area contributed by atoms with E-state index >= 15 is 0 Å². The first-order valence-corrected chi connectivity index (χ1v) is 11.4. The van der Waals surface area contributed by atoms with Crippen LogP contribution in [0.3, 0.4) is 0 Å². The number of carbonyl (C=O) groups excluding carboxylic acids is 1. The first-order valence-electron chi connectivity index (χ1n) is 11.4. The van der Waals surface area contributed by atoms with Gasteiger partial charge in [0, 0.05) is 68.7 Å². The Morgan fingerprint density at radius 2 is 2.00 bits per heavy atom. The number of hydrogen-bond donors (Lipinski definition) is 1. The number of aromatic nitrogens is 2. The highest BCUT2D eigenvalue weighted by molar-refractivity contribution is 5.76. The average molecular weight is 410 g/mol. The fraction of sp³-hybridized carbons (Fsp3) is 0.583. The van der Waals surface area contributed by atoms with Gasteiger partial charge in [0.1, 0.15) is 5.82 Å². The molecule has 0 unspecified atom stereocenters. The third-order valence-corrected chi connectivity index (χ3v) is 6.77. The Kier molecular flexibility index (Phi) is 6.42. The smallest absolute Gasteiger partial charge is 0.224 e. The van der Waals surface area contributed by atoms with Gasteiger partial charge in [-0.05, 0) is 37.9 Å². The number of imidazole rings is 1. The maximum Gasteiger partial charge on any atom is 0.224 e. The molecule has 30 heavy (non-hydrogen) atoms. The second-order valence-corrected chi connectivity index (χ2v) is 9.08. The van der Waals surface area contributed by atoms with Crippen LogP contribution >= 0.6 is 0 Å². The maximum absolute atomic E-state index is 13.4. The summed E-state index contributed by atoms with van der Waals surface area (Å²) in [5.74, 6) is 1.63. The number of likely N-dealkylation sites (N-methyl/N-ethyl adjacent to an activating group) is 1. The Bertz CT molecular complexity index is 861. The Balaban J connectivity index is 1.52. The molecule has 0 aliphatic carbocycles. The Hall–Kier alpha value is -2.34. The number of carbonyl (C=O) groups is 1. The maximum atomic E-state index is 13.4. The minimum Gasteiger partial charge on any atom is -0.385 e. The Morgan fingerprint density at radius 1 is 1.20 bits per heavy atom. The molecule has 2 aliphatic rings. The molecule has 1 saturated heterocycles. The molecule has 3 heterocycles. The first kappa shape index (κ1) is 20.9. The van der Waals surface area contributed by atoms with Gasteiger partial charge in [-0.2, -0.15) is 0 Å². The zero-order valence-corrected chi connectivity index (χ0v) is 18.6. The molecule has 2 atom stereocenters. The molecule has 2 aliphatic heterocycles. The molecule has 6 heteroatoms. The predicted molar refractivity (Wildman–Crippen MR) is 120 cm³/mol. The van der Waals surface area contributed by atoms with Crippen LogP contribution in [-0.4, -0.2) is 57.5 Å². The molecule has 4 rings (SSSR count). The standard InChI is InChI=1S/C24H35N5O/c1-18(2)24-26-13-15-28(24)14-11-23(30)29-16-19-6-4-5-7-22(19)25-12-10-20-8-9-21(17-29)27(20)3/h4-7,13,15,18,20-21,25H,8-12,14,16-17H2,1-3H3/t20-,21+/m0/s1. The Labute approximate surface area is 180 Å². The van der Waals surface area contributed by atoms with E-state index in [1.807, 2.05) is 12.4 Å². The summed E-state index contributed by atoms with van der Waals surface area (Å²) < 4.78 is 2.13. The zero-order valence-electron chi connectivity index (χ0n) is 18.6. The van der Waals surface area contributed by atoms with Crippen molar-refractivity contribution in [1.29, 1.82) is 0 Å². The molecular formula is C24H35N5O. The van der Waals surface area contributed by atoms with Gasteiger partial charge in [-0.3, -0.25) is 9.69 Å². The highest BCUT2D eigenvalue weighted by Gasteiger charge is 2.33. The number of nitrogens with one attached hydrogen (secondary N) is 1. The van der Waals surface area contributed by atoms with Gasteiger partial charge in [0.15, 0.2) is 0 Å². The summed E-state index contributed by atoms with van der Waals surface area (Å²) in [5.41, 5.74) is 2.37. The van der Waals surface area contributed by atoms with E-state index in [1.54, 1.807) is 0 Å². The minimum absolute atomic E-state index is 0.226. The summed E-state index contributed by atoms with van der Waals surface area (Å²) in [5, 5.41) is 3.62. The molecular weight excluding hydrogens is 374 g/mol. The summed E-state index contributed by atoms with van der Waals surface area (Å²) in [6, 6.07) is 9.48. The summed E-state index contributed by atoms with van der Waals surface area (Å²) in [4.78, 5) is 22.4. The van der Waals surface area contributed by atoms with Gasteiger partial charge in [0.25, 0.3) is 0 Å². The van der Waals surface area contributed by atoms with E-state index in [0.717, 1.165) is 31.0 Å². The van der Waals surface area contributed by atoms with Crippen LogP contribution in [0.4, 0.5) is 5.69 Å². The number of aryl methyl sites for hydroxylation is 1. The molecule has 2 bridgehead atoms. The number of rotatable bonds is 4. The van der Waals surface area contributed by atoms with Gasteiger partial charge < -0.3 is 14.8 Å².